The second-order valence-corrected chi connectivity index (χ2v) is 3.94. The average molecular weight is 153 g/mol. The van der Waals surface area contributed by atoms with Crippen LogP contribution < -0.4 is 0 Å². The van der Waals surface area contributed by atoms with E-state index >= 15 is 0 Å². The van der Waals surface area contributed by atoms with E-state index in [1.807, 2.05) is 0 Å². The van der Waals surface area contributed by atoms with Gasteiger partial charge in [0.15, 0.2) is 0 Å². The van der Waals surface area contributed by atoms with Crippen LogP contribution in [0.4, 0.5) is 0 Å². The molecule has 2 fully saturated rings. The third kappa shape index (κ3) is 0.815. The van der Waals surface area contributed by atoms with Gasteiger partial charge >= 0.3 is 0 Å². The molecular formula is C9H15NO. The SMILES string of the molecule is CC(C)N1C(=O)C2CCCC21. The predicted molar refractivity (Wildman–Crippen MR) is 43.1 cm³/mol. The quantitative estimate of drug-likeness (QED) is 0.521. The number of carbonyl (C=O) groups is 1. The molecule has 0 aromatic heterocycles. The standard InChI is InChI=1S/C9H15NO/c1-6(2)10-8-5-3-4-7(8)9(10)11/h6-8H,3-5H2,1-2H3. The molecule has 1 saturated heterocycles. The Kier molecular flexibility index (Phi) is 1.44. The van der Waals surface area contributed by atoms with Crippen LogP contribution in [0.3, 0.4) is 0 Å². The number of fused-ring (bicyclic) bond motifs is 1. The monoisotopic (exact) mass is 153 g/mol. The molecule has 2 aliphatic rings. The minimum Gasteiger partial charge on any atom is -0.336 e. The zero-order chi connectivity index (χ0) is 8.01. The van der Waals surface area contributed by atoms with Gasteiger partial charge in [-0.2, -0.15) is 0 Å². The number of amides is 1. The highest BCUT2D eigenvalue weighted by Gasteiger charge is 2.50. The highest BCUT2D eigenvalue weighted by molar-refractivity contribution is 5.86. The Balaban J connectivity index is 2.09. The molecule has 0 spiro atoms. The Morgan fingerprint density at radius 2 is 2.18 bits per heavy atom. The van der Waals surface area contributed by atoms with Crippen molar-refractivity contribution in [1.29, 1.82) is 0 Å². The second-order valence-electron chi connectivity index (χ2n) is 3.94. The van der Waals surface area contributed by atoms with Gasteiger partial charge in [-0.25, -0.2) is 0 Å². The summed E-state index contributed by atoms with van der Waals surface area (Å²) in [6.45, 7) is 4.21. The molecule has 1 aliphatic heterocycles. The number of carbonyl (C=O) groups excluding carboxylic acids is 1. The lowest BCUT2D eigenvalue weighted by Gasteiger charge is -2.46. The molecule has 0 bridgehead atoms. The lowest BCUT2D eigenvalue weighted by atomic mass is 9.89. The number of hydrogen-bond donors (Lipinski definition) is 0. The van der Waals surface area contributed by atoms with Crippen molar-refractivity contribution in [3.8, 4) is 0 Å². The molecule has 0 radical (unpaired) electrons. The normalized spacial score (nSPS) is 35.9. The summed E-state index contributed by atoms with van der Waals surface area (Å²) in [6, 6.07) is 1.03. The van der Waals surface area contributed by atoms with Crippen molar-refractivity contribution in [3.05, 3.63) is 0 Å². The third-order valence-corrected chi connectivity index (χ3v) is 2.96. The Hall–Kier alpha value is -0.530. The van der Waals surface area contributed by atoms with Gasteiger partial charge in [-0.05, 0) is 26.7 Å². The molecule has 1 aliphatic carbocycles. The van der Waals surface area contributed by atoms with Gasteiger partial charge in [0.1, 0.15) is 0 Å². The van der Waals surface area contributed by atoms with Gasteiger partial charge in [-0.15, -0.1) is 0 Å². The summed E-state index contributed by atoms with van der Waals surface area (Å²) in [4.78, 5) is 13.5. The van der Waals surface area contributed by atoms with Crippen molar-refractivity contribution in [2.75, 3.05) is 0 Å². The minimum absolute atomic E-state index is 0.405. The van der Waals surface area contributed by atoms with E-state index < -0.39 is 0 Å². The van der Waals surface area contributed by atoms with E-state index in [9.17, 15) is 4.79 Å². The molecule has 2 rings (SSSR count). The van der Waals surface area contributed by atoms with Crippen molar-refractivity contribution >= 4 is 5.91 Å². The van der Waals surface area contributed by atoms with Gasteiger partial charge in [0.2, 0.25) is 5.91 Å². The Morgan fingerprint density at radius 1 is 1.45 bits per heavy atom. The first-order chi connectivity index (χ1) is 5.22. The molecule has 1 amide bonds. The second kappa shape index (κ2) is 2.23. The summed E-state index contributed by atoms with van der Waals surface area (Å²) in [5.41, 5.74) is 0. The van der Waals surface area contributed by atoms with Gasteiger partial charge < -0.3 is 4.90 Å². The molecule has 2 atom stereocenters. The van der Waals surface area contributed by atoms with E-state index in [2.05, 4.69) is 18.7 Å². The van der Waals surface area contributed by atoms with Crippen LogP contribution in [0.1, 0.15) is 33.1 Å². The summed E-state index contributed by atoms with van der Waals surface area (Å²) in [7, 11) is 0. The first kappa shape index (κ1) is 7.14. The number of nitrogens with zero attached hydrogens (tertiary/aromatic N) is 1. The highest BCUT2D eigenvalue weighted by atomic mass is 16.2. The fraction of sp³-hybridized carbons (Fsp3) is 0.889. The van der Waals surface area contributed by atoms with E-state index in [-0.39, 0.29) is 0 Å². The summed E-state index contributed by atoms with van der Waals surface area (Å²) < 4.78 is 0. The molecule has 1 saturated carbocycles. The maximum Gasteiger partial charge on any atom is 0.228 e. The van der Waals surface area contributed by atoms with Crippen molar-refractivity contribution in [2.24, 2.45) is 5.92 Å². The zero-order valence-corrected chi connectivity index (χ0v) is 7.21. The molecule has 2 heteroatoms. The predicted octanol–water partition coefficient (Wildman–Crippen LogP) is 1.41. The van der Waals surface area contributed by atoms with Gasteiger partial charge in [0.25, 0.3) is 0 Å². The first-order valence-corrected chi connectivity index (χ1v) is 4.54. The summed E-state index contributed by atoms with van der Waals surface area (Å²) in [5.74, 6) is 0.819. The fourth-order valence-corrected chi connectivity index (χ4v) is 2.47. The third-order valence-electron chi connectivity index (χ3n) is 2.96. The van der Waals surface area contributed by atoms with Crippen LogP contribution in [0, 0.1) is 5.92 Å². The summed E-state index contributed by atoms with van der Waals surface area (Å²) in [6.07, 6.45) is 3.64. The van der Waals surface area contributed by atoms with Crippen LogP contribution in [-0.2, 0) is 4.79 Å². The molecule has 2 unspecified atom stereocenters. The zero-order valence-electron chi connectivity index (χ0n) is 7.21. The summed E-state index contributed by atoms with van der Waals surface area (Å²) >= 11 is 0. The molecule has 11 heavy (non-hydrogen) atoms. The molecular weight excluding hydrogens is 138 g/mol. The largest absolute Gasteiger partial charge is 0.336 e. The lowest BCUT2D eigenvalue weighted by Crippen LogP contribution is -2.60. The molecule has 0 aromatic carbocycles. The number of β-lactam (4-membered cyclic amide) rings is 1. The van der Waals surface area contributed by atoms with Crippen LogP contribution >= 0.6 is 0 Å². The molecule has 1 heterocycles. The molecule has 62 valence electrons. The number of likely N-dealkylation sites (tertiary alicyclic amines) is 1. The fourth-order valence-electron chi connectivity index (χ4n) is 2.47. The van der Waals surface area contributed by atoms with E-state index in [1.54, 1.807) is 0 Å². The Bertz CT molecular complexity index is 188. The van der Waals surface area contributed by atoms with E-state index in [0.29, 0.717) is 23.9 Å². The van der Waals surface area contributed by atoms with Crippen LogP contribution in [0.2, 0.25) is 0 Å². The van der Waals surface area contributed by atoms with Crippen LogP contribution in [0.5, 0.6) is 0 Å². The van der Waals surface area contributed by atoms with Crippen molar-refractivity contribution < 1.29 is 4.79 Å². The average Bonchev–Trinajstić information content (AvgIpc) is 2.30. The number of hydrogen-bond acceptors (Lipinski definition) is 1. The van der Waals surface area contributed by atoms with Gasteiger partial charge in [0.05, 0.1) is 5.92 Å². The molecule has 0 N–H and O–H groups in total. The number of rotatable bonds is 1. The maximum atomic E-state index is 11.4. The van der Waals surface area contributed by atoms with Gasteiger partial charge in [-0.3, -0.25) is 4.79 Å². The maximum absolute atomic E-state index is 11.4. The van der Waals surface area contributed by atoms with E-state index in [4.69, 9.17) is 0 Å². The van der Waals surface area contributed by atoms with Crippen molar-refractivity contribution in [2.45, 2.75) is 45.2 Å². The van der Waals surface area contributed by atoms with Crippen molar-refractivity contribution in [3.63, 3.8) is 0 Å². The highest BCUT2D eigenvalue weighted by Crippen LogP contribution is 2.40. The lowest BCUT2D eigenvalue weighted by molar-refractivity contribution is -0.156. The van der Waals surface area contributed by atoms with Gasteiger partial charge in [-0.1, -0.05) is 6.42 Å². The van der Waals surface area contributed by atoms with E-state index in [1.165, 1.54) is 12.8 Å². The topological polar surface area (TPSA) is 20.3 Å². The van der Waals surface area contributed by atoms with Crippen molar-refractivity contribution in [1.82, 2.24) is 4.90 Å². The Labute approximate surface area is 67.6 Å². The smallest absolute Gasteiger partial charge is 0.228 e. The Morgan fingerprint density at radius 3 is 2.82 bits per heavy atom. The minimum atomic E-state index is 0.405. The molecule has 0 aromatic rings. The van der Waals surface area contributed by atoms with E-state index in [0.717, 1.165) is 6.42 Å². The molecule has 2 nitrogen and oxygen atoms in total. The van der Waals surface area contributed by atoms with Gasteiger partial charge in [0, 0.05) is 12.1 Å². The van der Waals surface area contributed by atoms with Crippen LogP contribution in [0.25, 0.3) is 0 Å². The van der Waals surface area contributed by atoms with Crippen LogP contribution in [0.15, 0.2) is 0 Å². The van der Waals surface area contributed by atoms with Crippen LogP contribution in [-0.4, -0.2) is 22.9 Å². The first-order valence-electron chi connectivity index (χ1n) is 4.54. The summed E-state index contributed by atoms with van der Waals surface area (Å²) in [5, 5.41) is 0.